The lowest BCUT2D eigenvalue weighted by Gasteiger charge is -1.94. The summed E-state index contributed by atoms with van der Waals surface area (Å²) in [6.07, 6.45) is 6.76. The second-order valence-corrected chi connectivity index (χ2v) is 3.06. The normalized spacial score (nSPS) is 10.8. The monoisotopic (exact) mass is 175 g/mol. The molecule has 0 unspecified atom stereocenters. The van der Waals surface area contributed by atoms with Crippen LogP contribution in [-0.4, -0.2) is 13.6 Å². The van der Waals surface area contributed by atoms with E-state index >= 15 is 0 Å². The zero-order valence-electron chi connectivity index (χ0n) is 8.16. The van der Waals surface area contributed by atoms with Gasteiger partial charge in [-0.2, -0.15) is 0 Å². The van der Waals surface area contributed by atoms with Gasteiger partial charge in [0.15, 0.2) is 0 Å². The molecule has 0 aromatic heterocycles. The summed E-state index contributed by atoms with van der Waals surface area (Å²) < 4.78 is 0. The fourth-order valence-electron chi connectivity index (χ4n) is 1.18. The first-order chi connectivity index (χ1) is 6.43. The van der Waals surface area contributed by atoms with Gasteiger partial charge in [0, 0.05) is 0 Å². The van der Waals surface area contributed by atoms with Crippen LogP contribution < -0.4 is 5.32 Å². The Labute approximate surface area is 80.5 Å². The van der Waals surface area contributed by atoms with Crippen LogP contribution in [-0.2, 0) is 0 Å². The molecule has 0 aliphatic heterocycles. The Kier molecular flexibility index (Phi) is 4.95. The predicted octanol–water partition coefficient (Wildman–Crippen LogP) is 2.70. The van der Waals surface area contributed by atoms with Gasteiger partial charge in [-0.25, -0.2) is 0 Å². The first kappa shape index (κ1) is 10.0. The molecule has 0 atom stereocenters. The lowest BCUT2D eigenvalue weighted by atomic mass is 10.2. The van der Waals surface area contributed by atoms with Crippen LogP contribution in [0.15, 0.2) is 36.4 Å². The minimum absolute atomic E-state index is 1.10. The van der Waals surface area contributed by atoms with Gasteiger partial charge in [-0.3, -0.25) is 0 Å². The molecule has 0 aliphatic rings. The maximum absolute atomic E-state index is 3.13. The number of unbranched alkanes of at least 4 members (excludes halogenated alkanes) is 1. The van der Waals surface area contributed by atoms with E-state index in [1.54, 1.807) is 0 Å². The summed E-state index contributed by atoms with van der Waals surface area (Å²) in [5, 5.41) is 3.13. The molecule has 0 heterocycles. The minimum Gasteiger partial charge on any atom is -0.320 e. The van der Waals surface area contributed by atoms with Gasteiger partial charge in [0.05, 0.1) is 0 Å². The van der Waals surface area contributed by atoms with Crippen LogP contribution in [0.1, 0.15) is 18.4 Å². The molecule has 0 spiro atoms. The van der Waals surface area contributed by atoms with Crippen molar-refractivity contribution in [2.45, 2.75) is 12.8 Å². The van der Waals surface area contributed by atoms with Crippen molar-refractivity contribution in [2.75, 3.05) is 13.6 Å². The van der Waals surface area contributed by atoms with E-state index < -0.39 is 0 Å². The molecule has 1 aromatic carbocycles. The third-order valence-corrected chi connectivity index (χ3v) is 1.91. The largest absolute Gasteiger partial charge is 0.320 e. The number of hydrogen-bond donors (Lipinski definition) is 1. The average Bonchev–Trinajstić information content (AvgIpc) is 2.19. The SMILES string of the molecule is CNCCC/C=C/c1ccccc1. The minimum atomic E-state index is 1.10. The quantitative estimate of drug-likeness (QED) is 0.678. The van der Waals surface area contributed by atoms with Gasteiger partial charge in [-0.1, -0.05) is 42.5 Å². The van der Waals surface area contributed by atoms with Crippen LogP contribution in [0.25, 0.3) is 6.08 Å². The summed E-state index contributed by atoms with van der Waals surface area (Å²) in [5.41, 5.74) is 1.28. The van der Waals surface area contributed by atoms with Gasteiger partial charge in [-0.05, 0) is 32.0 Å². The van der Waals surface area contributed by atoms with Gasteiger partial charge in [0.2, 0.25) is 0 Å². The van der Waals surface area contributed by atoms with Crippen LogP contribution in [0.4, 0.5) is 0 Å². The molecular formula is C12H17N. The molecule has 70 valence electrons. The van der Waals surface area contributed by atoms with Crippen molar-refractivity contribution in [3.05, 3.63) is 42.0 Å². The Hall–Kier alpha value is -1.08. The second kappa shape index (κ2) is 6.44. The zero-order valence-corrected chi connectivity index (χ0v) is 8.16. The third kappa shape index (κ3) is 4.48. The highest BCUT2D eigenvalue weighted by atomic mass is 14.8. The number of nitrogens with one attached hydrogen (secondary N) is 1. The molecule has 0 amide bonds. The molecule has 0 bridgehead atoms. The number of rotatable bonds is 5. The van der Waals surface area contributed by atoms with E-state index in [1.165, 1.54) is 12.0 Å². The first-order valence-electron chi connectivity index (χ1n) is 4.79. The summed E-state index contributed by atoms with van der Waals surface area (Å²) in [6, 6.07) is 10.4. The third-order valence-electron chi connectivity index (χ3n) is 1.91. The topological polar surface area (TPSA) is 12.0 Å². The van der Waals surface area contributed by atoms with Crippen molar-refractivity contribution in [3.63, 3.8) is 0 Å². The van der Waals surface area contributed by atoms with E-state index in [9.17, 15) is 0 Å². The van der Waals surface area contributed by atoms with Crippen molar-refractivity contribution in [3.8, 4) is 0 Å². The fourth-order valence-corrected chi connectivity index (χ4v) is 1.18. The maximum Gasteiger partial charge on any atom is -0.00490 e. The van der Waals surface area contributed by atoms with E-state index in [4.69, 9.17) is 0 Å². The van der Waals surface area contributed by atoms with Crippen LogP contribution in [0.5, 0.6) is 0 Å². The molecular weight excluding hydrogens is 158 g/mol. The van der Waals surface area contributed by atoms with E-state index in [0.717, 1.165) is 13.0 Å². The standard InChI is InChI=1S/C12H17N/c1-13-11-7-3-6-10-12-8-4-2-5-9-12/h2,4-6,8-10,13H,3,7,11H2,1H3/b10-6+. The Bertz CT molecular complexity index is 239. The Morgan fingerprint density at radius 3 is 2.69 bits per heavy atom. The molecule has 1 heteroatoms. The summed E-state index contributed by atoms with van der Waals surface area (Å²) in [5.74, 6) is 0. The van der Waals surface area contributed by atoms with E-state index in [2.05, 4.69) is 41.7 Å². The highest BCUT2D eigenvalue weighted by Crippen LogP contribution is 2.02. The van der Waals surface area contributed by atoms with Crippen molar-refractivity contribution in [1.29, 1.82) is 0 Å². The van der Waals surface area contributed by atoms with Gasteiger partial charge >= 0.3 is 0 Å². The molecule has 1 nitrogen and oxygen atoms in total. The highest BCUT2D eigenvalue weighted by molar-refractivity contribution is 5.48. The summed E-state index contributed by atoms with van der Waals surface area (Å²) in [4.78, 5) is 0. The molecule has 0 radical (unpaired) electrons. The van der Waals surface area contributed by atoms with Crippen molar-refractivity contribution in [2.24, 2.45) is 0 Å². The smallest absolute Gasteiger partial charge is 0.00490 e. The Morgan fingerprint density at radius 1 is 1.23 bits per heavy atom. The van der Waals surface area contributed by atoms with Crippen LogP contribution in [0, 0.1) is 0 Å². The summed E-state index contributed by atoms with van der Waals surface area (Å²) in [7, 11) is 1.99. The number of hydrogen-bond acceptors (Lipinski definition) is 1. The van der Waals surface area contributed by atoms with Gasteiger partial charge in [-0.15, -0.1) is 0 Å². The molecule has 1 rings (SSSR count). The van der Waals surface area contributed by atoms with E-state index in [0.29, 0.717) is 0 Å². The van der Waals surface area contributed by atoms with E-state index in [1.807, 2.05) is 13.1 Å². The fraction of sp³-hybridized carbons (Fsp3) is 0.333. The highest BCUT2D eigenvalue weighted by Gasteiger charge is 1.83. The number of allylic oxidation sites excluding steroid dienone is 1. The lowest BCUT2D eigenvalue weighted by Crippen LogP contribution is -2.06. The van der Waals surface area contributed by atoms with Gasteiger partial charge in [0.1, 0.15) is 0 Å². The van der Waals surface area contributed by atoms with Gasteiger partial charge < -0.3 is 5.32 Å². The Balaban J connectivity index is 2.25. The summed E-state index contributed by atoms with van der Waals surface area (Å²) >= 11 is 0. The molecule has 1 aromatic rings. The first-order valence-corrected chi connectivity index (χ1v) is 4.79. The zero-order chi connectivity index (χ0) is 9.36. The molecule has 13 heavy (non-hydrogen) atoms. The molecule has 0 saturated carbocycles. The van der Waals surface area contributed by atoms with Crippen LogP contribution >= 0.6 is 0 Å². The molecule has 0 saturated heterocycles. The molecule has 0 aliphatic carbocycles. The maximum atomic E-state index is 3.13. The molecule has 1 N–H and O–H groups in total. The Morgan fingerprint density at radius 2 is 2.00 bits per heavy atom. The van der Waals surface area contributed by atoms with Crippen molar-refractivity contribution >= 4 is 6.08 Å². The second-order valence-electron chi connectivity index (χ2n) is 3.06. The van der Waals surface area contributed by atoms with E-state index in [-0.39, 0.29) is 0 Å². The van der Waals surface area contributed by atoms with Crippen molar-refractivity contribution in [1.82, 2.24) is 5.32 Å². The summed E-state index contributed by atoms with van der Waals surface area (Å²) in [6.45, 7) is 1.10. The average molecular weight is 175 g/mol. The van der Waals surface area contributed by atoms with Crippen molar-refractivity contribution < 1.29 is 0 Å². The van der Waals surface area contributed by atoms with Crippen LogP contribution in [0.3, 0.4) is 0 Å². The van der Waals surface area contributed by atoms with Crippen LogP contribution in [0.2, 0.25) is 0 Å². The molecule has 0 fully saturated rings. The van der Waals surface area contributed by atoms with Gasteiger partial charge in [0.25, 0.3) is 0 Å². The number of benzene rings is 1. The lowest BCUT2D eigenvalue weighted by molar-refractivity contribution is 0.736. The predicted molar refractivity (Wildman–Crippen MR) is 58.6 cm³/mol.